The van der Waals surface area contributed by atoms with Crippen molar-refractivity contribution in [1.29, 1.82) is 0 Å². The topological polar surface area (TPSA) is 0 Å². The molecule has 3 aromatic rings. The summed E-state index contributed by atoms with van der Waals surface area (Å²) in [7, 11) is 0. The second-order valence-electron chi connectivity index (χ2n) is 8.15. The highest BCUT2D eigenvalue weighted by Gasteiger charge is 2.08. The number of hydrogen-bond acceptors (Lipinski definition) is 0. The van der Waals surface area contributed by atoms with Gasteiger partial charge < -0.3 is 0 Å². The van der Waals surface area contributed by atoms with Crippen molar-refractivity contribution in [2.24, 2.45) is 0 Å². The predicted molar refractivity (Wildman–Crippen MR) is 133 cm³/mol. The zero-order chi connectivity index (χ0) is 21.5. The van der Waals surface area contributed by atoms with E-state index in [-0.39, 0.29) is 0 Å². The molecule has 0 saturated carbocycles. The van der Waals surface area contributed by atoms with E-state index in [0.717, 1.165) is 19.3 Å². The Kier molecular flexibility index (Phi) is 7.46. The molecule has 0 atom stereocenters. The van der Waals surface area contributed by atoms with Crippen molar-refractivity contribution in [3.05, 3.63) is 111 Å². The number of allylic oxidation sites excluding steroid dienone is 2. The Bertz CT molecular complexity index is 1140. The second-order valence-corrected chi connectivity index (χ2v) is 8.15. The third kappa shape index (κ3) is 5.19. The van der Waals surface area contributed by atoms with Gasteiger partial charge in [0, 0.05) is 0 Å². The van der Waals surface area contributed by atoms with Crippen LogP contribution in [0, 0.1) is 13.8 Å². The fourth-order valence-corrected chi connectivity index (χ4v) is 4.10. The molecule has 0 amide bonds. The summed E-state index contributed by atoms with van der Waals surface area (Å²) in [5.74, 6) is 0. The number of aryl methyl sites for hydroxylation is 4. The van der Waals surface area contributed by atoms with Gasteiger partial charge in [0.2, 0.25) is 0 Å². The Hall–Kier alpha value is -2.86. The summed E-state index contributed by atoms with van der Waals surface area (Å²) in [4.78, 5) is 0. The van der Waals surface area contributed by atoms with Crippen molar-refractivity contribution < 1.29 is 0 Å². The first kappa shape index (κ1) is 21.8. The molecule has 0 unspecified atom stereocenters. The normalized spacial score (nSPS) is 13.5. The zero-order valence-electron chi connectivity index (χ0n) is 19.1. The van der Waals surface area contributed by atoms with E-state index in [0.29, 0.717) is 0 Å². The molecule has 3 aromatic carbocycles. The Labute approximate surface area is 182 Å². The van der Waals surface area contributed by atoms with Gasteiger partial charge in [-0.2, -0.15) is 0 Å². The maximum Gasteiger partial charge on any atom is -0.0152 e. The van der Waals surface area contributed by atoms with Crippen LogP contribution in [0.4, 0.5) is 0 Å². The van der Waals surface area contributed by atoms with Crippen LogP contribution in [0.5, 0.6) is 0 Å². The SMILES string of the molecule is C/C=C(/C(C)=c1\cccc\c1=C\CCc1ccc(CC)cc1)c1cc(C)ccc1C. The van der Waals surface area contributed by atoms with Crippen LogP contribution in [0.2, 0.25) is 0 Å². The molecule has 0 heteroatoms. The smallest absolute Gasteiger partial charge is 0.0152 e. The molecule has 0 nitrogen and oxygen atoms in total. The second kappa shape index (κ2) is 10.3. The Morgan fingerprint density at radius 3 is 2.27 bits per heavy atom. The molecule has 0 aliphatic heterocycles. The van der Waals surface area contributed by atoms with Gasteiger partial charge in [0.05, 0.1) is 0 Å². The molecular formula is C30H34. The molecule has 0 aliphatic carbocycles. The third-order valence-corrected chi connectivity index (χ3v) is 5.97. The first-order valence-electron chi connectivity index (χ1n) is 11.1. The van der Waals surface area contributed by atoms with E-state index in [9.17, 15) is 0 Å². The highest BCUT2D eigenvalue weighted by Crippen LogP contribution is 2.26. The van der Waals surface area contributed by atoms with Gasteiger partial charge in [-0.15, -0.1) is 0 Å². The Balaban J connectivity index is 1.96. The highest BCUT2D eigenvalue weighted by molar-refractivity contribution is 5.97. The molecule has 0 aliphatic rings. The Morgan fingerprint density at radius 2 is 1.57 bits per heavy atom. The lowest BCUT2D eigenvalue weighted by Crippen LogP contribution is -2.26. The summed E-state index contributed by atoms with van der Waals surface area (Å²) < 4.78 is 0. The molecule has 0 heterocycles. The fourth-order valence-electron chi connectivity index (χ4n) is 4.10. The largest absolute Gasteiger partial charge is 0.0795 e. The van der Waals surface area contributed by atoms with Gasteiger partial charge in [-0.3, -0.25) is 0 Å². The van der Waals surface area contributed by atoms with Gasteiger partial charge in [-0.05, 0) is 90.8 Å². The summed E-state index contributed by atoms with van der Waals surface area (Å²) in [6.07, 6.45) is 7.87. The van der Waals surface area contributed by atoms with Gasteiger partial charge in [0.1, 0.15) is 0 Å². The summed E-state index contributed by atoms with van der Waals surface area (Å²) >= 11 is 0. The Morgan fingerprint density at radius 1 is 0.867 bits per heavy atom. The molecule has 0 N–H and O–H groups in total. The van der Waals surface area contributed by atoms with E-state index in [1.54, 1.807) is 0 Å². The zero-order valence-corrected chi connectivity index (χ0v) is 19.1. The van der Waals surface area contributed by atoms with Crippen molar-refractivity contribution >= 4 is 17.2 Å². The average molecular weight is 395 g/mol. The number of benzene rings is 3. The van der Waals surface area contributed by atoms with Crippen LogP contribution >= 0.6 is 0 Å². The highest BCUT2D eigenvalue weighted by atomic mass is 14.1. The summed E-state index contributed by atoms with van der Waals surface area (Å²) in [5, 5.41) is 2.65. The summed E-state index contributed by atoms with van der Waals surface area (Å²) in [6, 6.07) is 24.6. The van der Waals surface area contributed by atoms with Gasteiger partial charge >= 0.3 is 0 Å². The first-order chi connectivity index (χ1) is 14.5. The fraction of sp³-hybridized carbons (Fsp3) is 0.267. The van der Waals surface area contributed by atoms with Crippen LogP contribution < -0.4 is 10.4 Å². The van der Waals surface area contributed by atoms with E-state index < -0.39 is 0 Å². The van der Waals surface area contributed by atoms with E-state index >= 15 is 0 Å². The molecule has 154 valence electrons. The van der Waals surface area contributed by atoms with E-state index in [1.165, 1.54) is 49.4 Å². The molecule has 0 fully saturated rings. The minimum absolute atomic E-state index is 1.05. The molecule has 30 heavy (non-hydrogen) atoms. The molecular weight excluding hydrogens is 360 g/mol. The summed E-state index contributed by atoms with van der Waals surface area (Å²) in [6.45, 7) is 11.0. The lowest BCUT2D eigenvalue weighted by Gasteiger charge is -2.13. The monoisotopic (exact) mass is 394 g/mol. The van der Waals surface area contributed by atoms with Crippen LogP contribution in [-0.4, -0.2) is 0 Å². The quantitative estimate of drug-likeness (QED) is 0.444. The molecule has 3 rings (SSSR count). The maximum atomic E-state index is 2.39. The van der Waals surface area contributed by atoms with Crippen LogP contribution in [0.15, 0.2) is 72.8 Å². The van der Waals surface area contributed by atoms with Crippen molar-refractivity contribution in [2.45, 2.75) is 53.9 Å². The lowest BCUT2D eigenvalue weighted by molar-refractivity contribution is 1.03. The minimum atomic E-state index is 1.05. The van der Waals surface area contributed by atoms with Crippen molar-refractivity contribution in [2.75, 3.05) is 0 Å². The molecule has 0 spiro atoms. The van der Waals surface area contributed by atoms with Crippen molar-refractivity contribution in [3.63, 3.8) is 0 Å². The molecule has 0 radical (unpaired) electrons. The van der Waals surface area contributed by atoms with Crippen LogP contribution in [0.3, 0.4) is 0 Å². The molecule has 0 saturated heterocycles. The van der Waals surface area contributed by atoms with Crippen LogP contribution in [-0.2, 0) is 12.8 Å². The van der Waals surface area contributed by atoms with Gasteiger partial charge in [0.15, 0.2) is 0 Å². The van der Waals surface area contributed by atoms with Crippen molar-refractivity contribution in [1.82, 2.24) is 0 Å². The van der Waals surface area contributed by atoms with Crippen LogP contribution in [0.25, 0.3) is 17.2 Å². The van der Waals surface area contributed by atoms with Gasteiger partial charge in [-0.25, -0.2) is 0 Å². The number of hydrogen-bond donors (Lipinski definition) is 0. The first-order valence-corrected chi connectivity index (χ1v) is 11.1. The third-order valence-electron chi connectivity index (χ3n) is 5.97. The average Bonchev–Trinajstić information content (AvgIpc) is 2.77. The predicted octanol–water partition coefficient (Wildman–Crippen LogP) is 6.55. The maximum absolute atomic E-state index is 2.39. The van der Waals surface area contributed by atoms with Gasteiger partial charge in [-0.1, -0.05) is 91.4 Å². The van der Waals surface area contributed by atoms with E-state index in [1.807, 2.05) is 0 Å². The van der Waals surface area contributed by atoms with Crippen LogP contribution in [0.1, 0.15) is 55.0 Å². The lowest BCUT2D eigenvalue weighted by atomic mass is 9.92. The molecule has 0 bridgehead atoms. The van der Waals surface area contributed by atoms with Crippen molar-refractivity contribution in [3.8, 4) is 0 Å². The number of rotatable bonds is 6. The van der Waals surface area contributed by atoms with E-state index in [4.69, 9.17) is 0 Å². The minimum Gasteiger partial charge on any atom is -0.0795 e. The summed E-state index contributed by atoms with van der Waals surface area (Å²) in [5.41, 5.74) is 9.44. The standard InChI is InChI=1S/C30H34/c1-6-25-17-19-26(20-18-25)11-10-13-27-12-8-9-14-29(27)24(5)28(7-2)30-21-22(3)15-16-23(30)4/h7-9,12-21H,6,10-11H2,1-5H3/b27-13-,28-7-,29-24+. The molecule has 0 aromatic heterocycles. The van der Waals surface area contributed by atoms with E-state index in [2.05, 4.69) is 114 Å². The van der Waals surface area contributed by atoms with Gasteiger partial charge in [0.25, 0.3) is 0 Å².